The lowest BCUT2D eigenvalue weighted by Crippen LogP contribution is -2.41. The number of ether oxygens (including phenoxy) is 1. The minimum atomic E-state index is 0.742. The standard InChI is InChI=1S/C11H21NO/c1-2-4-8-12(7-3-1)11-6-5-9-13-10-11/h11H,1-10H2. The fraction of sp³-hybridized carbons (Fsp3) is 1.00. The summed E-state index contributed by atoms with van der Waals surface area (Å²) in [6, 6.07) is 0.742. The molecule has 13 heavy (non-hydrogen) atoms. The number of hydrogen-bond acceptors (Lipinski definition) is 2. The predicted octanol–water partition coefficient (Wildman–Crippen LogP) is 2.04. The highest BCUT2D eigenvalue weighted by atomic mass is 16.5. The molecule has 0 aromatic rings. The number of likely N-dealkylation sites (tertiary alicyclic amines) is 1. The van der Waals surface area contributed by atoms with Gasteiger partial charge in [0, 0.05) is 12.6 Å². The summed E-state index contributed by atoms with van der Waals surface area (Å²) >= 11 is 0. The lowest BCUT2D eigenvalue weighted by atomic mass is 10.1. The van der Waals surface area contributed by atoms with Crippen molar-refractivity contribution in [2.75, 3.05) is 26.3 Å². The molecule has 2 heterocycles. The Labute approximate surface area is 81.3 Å². The van der Waals surface area contributed by atoms with E-state index in [0.717, 1.165) is 19.3 Å². The van der Waals surface area contributed by atoms with Crippen LogP contribution >= 0.6 is 0 Å². The summed E-state index contributed by atoms with van der Waals surface area (Å²) in [4.78, 5) is 2.66. The summed E-state index contributed by atoms with van der Waals surface area (Å²) in [5.41, 5.74) is 0. The molecule has 0 radical (unpaired) electrons. The van der Waals surface area contributed by atoms with Crippen LogP contribution < -0.4 is 0 Å². The van der Waals surface area contributed by atoms with Crippen LogP contribution in [-0.2, 0) is 4.74 Å². The molecule has 2 nitrogen and oxygen atoms in total. The summed E-state index contributed by atoms with van der Waals surface area (Å²) in [5, 5.41) is 0. The van der Waals surface area contributed by atoms with Crippen LogP contribution in [0.15, 0.2) is 0 Å². The Hall–Kier alpha value is -0.0800. The van der Waals surface area contributed by atoms with Crippen molar-refractivity contribution < 1.29 is 4.74 Å². The van der Waals surface area contributed by atoms with E-state index < -0.39 is 0 Å². The highest BCUT2D eigenvalue weighted by Gasteiger charge is 2.21. The minimum Gasteiger partial charge on any atom is -0.380 e. The van der Waals surface area contributed by atoms with Gasteiger partial charge in [-0.15, -0.1) is 0 Å². The fourth-order valence-corrected chi connectivity index (χ4v) is 2.47. The number of rotatable bonds is 1. The van der Waals surface area contributed by atoms with E-state index in [1.807, 2.05) is 0 Å². The van der Waals surface area contributed by atoms with E-state index in [1.165, 1.54) is 51.6 Å². The van der Waals surface area contributed by atoms with Gasteiger partial charge in [0.1, 0.15) is 0 Å². The Morgan fingerprint density at radius 3 is 2.31 bits per heavy atom. The zero-order chi connectivity index (χ0) is 8.93. The van der Waals surface area contributed by atoms with Crippen molar-refractivity contribution in [1.29, 1.82) is 0 Å². The van der Waals surface area contributed by atoms with E-state index in [0.29, 0.717) is 0 Å². The van der Waals surface area contributed by atoms with E-state index in [-0.39, 0.29) is 0 Å². The lowest BCUT2D eigenvalue weighted by molar-refractivity contribution is 0.0191. The van der Waals surface area contributed by atoms with Crippen LogP contribution in [0.4, 0.5) is 0 Å². The molecule has 0 amide bonds. The Morgan fingerprint density at radius 1 is 0.923 bits per heavy atom. The summed E-state index contributed by atoms with van der Waals surface area (Å²) in [6.07, 6.45) is 8.29. The average molecular weight is 183 g/mol. The van der Waals surface area contributed by atoms with Crippen molar-refractivity contribution in [2.24, 2.45) is 0 Å². The van der Waals surface area contributed by atoms with E-state index in [4.69, 9.17) is 4.74 Å². The molecule has 1 atom stereocenters. The van der Waals surface area contributed by atoms with Crippen LogP contribution in [0.2, 0.25) is 0 Å². The first kappa shape index (κ1) is 9.47. The second kappa shape index (κ2) is 4.97. The van der Waals surface area contributed by atoms with E-state index in [1.54, 1.807) is 0 Å². The fourth-order valence-electron chi connectivity index (χ4n) is 2.47. The Morgan fingerprint density at radius 2 is 1.69 bits per heavy atom. The van der Waals surface area contributed by atoms with Crippen LogP contribution in [-0.4, -0.2) is 37.2 Å². The van der Waals surface area contributed by atoms with E-state index in [9.17, 15) is 0 Å². The van der Waals surface area contributed by atoms with Gasteiger partial charge in [0.05, 0.1) is 6.61 Å². The topological polar surface area (TPSA) is 12.5 Å². The van der Waals surface area contributed by atoms with Gasteiger partial charge in [-0.1, -0.05) is 12.8 Å². The van der Waals surface area contributed by atoms with Crippen molar-refractivity contribution >= 4 is 0 Å². The van der Waals surface area contributed by atoms with Crippen molar-refractivity contribution in [2.45, 2.75) is 44.6 Å². The molecule has 76 valence electrons. The van der Waals surface area contributed by atoms with Gasteiger partial charge in [-0.2, -0.15) is 0 Å². The Bertz CT molecular complexity index is 135. The monoisotopic (exact) mass is 183 g/mol. The zero-order valence-electron chi connectivity index (χ0n) is 8.50. The molecule has 0 saturated carbocycles. The van der Waals surface area contributed by atoms with Gasteiger partial charge in [-0.25, -0.2) is 0 Å². The van der Waals surface area contributed by atoms with E-state index in [2.05, 4.69) is 4.90 Å². The first-order chi connectivity index (χ1) is 6.47. The summed E-state index contributed by atoms with van der Waals surface area (Å²) in [5.74, 6) is 0. The molecular weight excluding hydrogens is 162 g/mol. The molecule has 0 spiro atoms. The minimum absolute atomic E-state index is 0.742. The van der Waals surface area contributed by atoms with Crippen molar-refractivity contribution in [3.8, 4) is 0 Å². The highest BCUT2D eigenvalue weighted by Crippen LogP contribution is 2.18. The molecule has 2 heteroatoms. The summed E-state index contributed by atoms with van der Waals surface area (Å²) in [7, 11) is 0. The third kappa shape index (κ3) is 2.68. The Balaban J connectivity index is 1.82. The van der Waals surface area contributed by atoms with Crippen LogP contribution in [0, 0.1) is 0 Å². The molecule has 0 aromatic heterocycles. The number of hydrogen-bond donors (Lipinski definition) is 0. The molecule has 2 aliphatic rings. The molecule has 0 N–H and O–H groups in total. The highest BCUT2D eigenvalue weighted by molar-refractivity contribution is 4.75. The van der Waals surface area contributed by atoms with Gasteiger partial charge >= 0.3 is 0 Å². The van der Waals surface area contributed by atoms with Crippen molar-refractivity contribution in [3.63, 3.8) is 0 Å². The summed E-state index contributed by atoms with van der Waals surface area (Å²) in [6.45, 7) is 4.60. The first-order valence-corrected chi connectivity index (χ1v) is 5.78. The molecule has 0 aliphatic carbocycles. The van der Waals surface area contributed by atoms with Crippen molar-refractivity contribution in [1.82, 2.24) is 4.90 Å². The largest absolute Gasteiger partial charge is 0.380 e. The van der Waals surface area contributed by atoms with Gasteiger partial charge in [0.15, 0.2) is 0 Å². The third-order valence-corrected chi connectivity index (χ3v) is 3.29. The number of nitrogens with zero attached hydrogens (tertiary/aromatic N) is 1. The normalized spacial score (nSPS) is 32.8. The van der Waals surface area contributed by atoms with Crippen LogP contribution in [0.3, 0.4) is 0 Å². The molecule has 0 aromatic carbocycles. The van der Waals surface area contributed by atoms with Gasteiger partial charge < -0.3 is 4.74 Å². The van der Waals surface area contributed by atoms with Gasteiger partial charge in [0.25, 0.3) is 0 Å². The molecule has 2 aliphatic heterocycles. The maximum atomic E-state index is 5.53. The second-order valence-electron chi connectivity index (χ2n) is 4.32. The molecule has 2 fully saturated rings. The lowest BCUT2D eigenvalue weighted by Gasteiger charge is -2.33. The van der Waals surface area contributed by atoms with Crippen molar-refractivity contribution in [3.05, 3.63) is 0 Å². The predicted molar refractivity (Wildman–Crippen MR) is 53.9 cm³/mol. The smallest absolute Gasteiger partial charge is 0.0621 e. The van der Waals surface area contributed by atoms with Gasteiger partial charge in [0.2, 0.25) is 0 Å². The maximum absolute atomic E-state index is 5.53. The van der Waals surface area contributed by atoms with Crippen LogP contribution in [0.5, 0.6) is 0 Å². The zero-order valence-corrected chi connectivity index (χ0v) is 8.50. The van der Waals surface area contributed by atoms with Gasteiger partial charge in [-0.05, 0) is 38.8 Å². The summed E-state index contributed by atoms with van der Waals surface area (Å²) < 4.78 is 5.53. The molecule has 2 saturated heterocycles. The van der Waals surface area contributed by atoms with Gasteiger partial charge in [-0.3, -0.25) is 4.90 Å². The molecule has 0 bridgehead atoms. The van der Waals surface area contributed by atoms with Crippen LogP contribution in [0.1, 0.15) is 38.5 Å². The van der Waals surface area contributed by atoms with E-state index >= 15 is 0 Å². The first-order valence-electron chi connectivity index (χ1n) is 5.78. The molecular formula is C11H21NO. The molecule has 2 rings (SSSR count). The third-order valence-electron chi connectivity index (χ3n) is 3.29. The molecule has 1 unspecified atom stereocenters. The van der Waals surface area contributed by atoms with Crippen LogP contribution in [0.25, 0.3) is 0 Å². The second-order valence-corrected chi connectivity index (χ2v) is 4.32. The maximum Gasteiger partial charge on any atom is 0.0621 e. The quantitative estimate of drug-likeness (QED) is 0.617. The Kier molecular flexibility index (Phi) is 3.62. The SMILES string of the molecule is C1CCCN(C2CCCOC2)CC1. The average Bonchev–Trinajstić information content (AvgIpc) is 2.47.